The van der Waals surface area contributed by atoms with Crippen molar-refractivity contribution < 1.29 is 0 Å². The fourth-order valence-corrected chi connectivity index (χ4v) is 10.9. The fourth-order valence-electron chi connectivity index (χ4n) is 10.9. The third-order valence-electron chi connectivity index (χ3n) is 13.9. The van der Waals surface area contributed by atoms with Gasteiger partial charge in [-0.25, -0.2) is 0 Å². The number of hydrogen-bond acceptors (Lipinski definition) is 2. The van der Waals surface area contributed by atoms with Crippen LogP contribution in [0.4, 0.5) is 0 Å². The van der Waals surface area contributed by atoms with Gasteiger partial charge in [-0.2, -0.15) is 10.5 Å². The van der Waals surface area contributed by atoms with Gasteiger partial charge in [-0.15, -0.1) is 0 Å². The molecule has 4 nitrogen and oxygen atoms in total. The lowest BCUT2D eigenvalue weighted by Crippen LogP contribution is -2.55. The van der Waals surface area contributed by atoms with Gasteiger partial charge in [0.1, 0.15) is 0 Å². The molecule has 0 amide bonds. The summed E-state index contributed by atoms with van der Waals surface area (Å²) in [6.07, 6.45) is 0. The Bertz CT molecular complexity index is 3670. The monoisotopic (exact) mass is 758 g/mol. The number of nitriles is 2. The molecule has 0 atom stereocenters. The maximum atomic E-state index is 10.7. The Balaban J connectivity index is 1.39. The minimum atomic E-state index is -0.203. The number of benzene rings is 8. The average molecular weight is 759 g/mol. The van der Waals surface area contributed by atoms with Crippen LogP contribution in [0.2, 0.25) is 0 Å². The predicted molar refractivity (Wildman–Crippen MR) is 249 cm³/mol. The minimum absolute atomic E-state index is 0.00599. The molecule has 0 bridgehead atoms. The van der Waals surface area contributed by atoms with Crippen molar-refractivity contribution in [3.63, 3.8) is 0 Å². The lowest BCUT2D eigenvalue weighted by molar-refractivity contribution is 0.590. The Hall–Kier alpha value is -6.56. The van der Waals surface area contributed by atoms with Crippen LogP contribution in [0.1, 0.15) is 90.1 Å². The van der Waals surface area contributed by atoms with Gasteiger partial charge in [-0.05, 0) is 126 Å². The van der Waals surface area contributed by atoms with E-state index in [-0.39, 0.29) is 23.1 Å². The number of fused-ring (bicyclic) bond motifs is 12. The van der Waals surface area contributed by atoms with Gasteiger partial charge in [-0.3, -0.25) is 0 Å². The topological polar surface area (TPSA) is 57.4 Å². The van der Waals surface area contributed by atoms with Gasteiger partial charge >= 0.3 is 6.85 Å². The minimum Gasteiger partial charge on any atom is -0.375 e. The maximum absolute atomic E-state index is 10.7. The van der Waals surface area contributed by atoms with Crippen molar-refractivity contribution >= 4 is 93.7 Å². The van der Waals surface area contributed by atoms with Gasteiger partial charge in [-0.1, -0.05) is 105 Å². The van der Waals surface area contributed by atoms with Crippen molar-refractivity contribution in [2.24, 2.45) is 0 Å². The summed E-state index contributed by atoms with van der Waals surface area (Å²) < 4.78 is 5.11. The molecule has 0 saturated heterocycles. The van der Waals surface area contributed by atoms with Crippen LogP contribution in [0.25, 0.3) is 92.7 Å². The van der Waals surface area contributed by atoms with Crippen LogP contribution in [0.5, 0.6) is 0 Å². The maximum Gasteiger partial charge on any atom is 0.333 e. The molecule has 2 aliphatic rings. The first kappa shape index (κ1) is 34.5. The van der Waals surface area contributed by atoms with Crippen molar-refractivity contribution in [3.8, 4) is 29.0 Å². The van der Waals surface area contributed by atoms with Gasteiger partial charge in [0, 0.05) is 48.9 Å². The number of aromatic nitrogens is 2. The second-order valence-corrected chi connectivity index (χ2v) is 20.5. The van der Waals surface area contributed by atoms with Crippen LogP contribution in [0.15, 0.2) is 97.1 Å². The SMILES string of the molecule is CC(C)(C)c1cc2ccc3c4c5c(c6ccc(c1)c2c36)-n1c2ccc(C#N)cc2c2cc(C#N)cc(c21)B5n1c2ccc(C(C)(C)C)cc2c2cc(C(C)(C)C)cc-4c21. The van der Waals surface area contributed by atoms with E-state index in [2.05, 4.69) is 162 Å². The second kappa shape index (κ2) is 10.7. The lowest BCUT2D eigenvalue weighted by Gasteiger charge is -2.36. The predicted octanol–water partition coefficient (Wildman–Crippen LogP) is 12.4. The summed E-state index contributed by atoms with van der Waals surface area (Å²) in [5.41, 5.74) is 15.8. The zero-order valence-corrected chi connectivity index (χ0v) is 35.1. The molecule has 4 heterocycles. The van der Waals surface area contributed by atoms with E-state index in [9.17, 15) is 10.5 Å². The fraction of sp³-hybridized carbons (Fsp3) is 0.222. The van der Waals surface area contributed by atoms with Crippen LogP contribution < -0.4 is 10.9 Å². The van der Waals surface area contributed by atoms with Crippen LogP contribution in [0.3, 0.4) is 0 Å². The summed E-state index contributed by atoms with van der Waals surface area (Å²) in [7, 11) is 0. The van der Waals surface area contributed by atoms with Crippen LogP contribution in [-0.4, -0.2) is 15.9 Å². The molecule has 282 valence electrons. The van der Waals surface area contributed by atoms with Crippen molar-refractivity contribution in [1.29, 1.82) is 10.5 Å². The summed E-state index contributed by atoms with van der Waals surface area (Å²) in [4.78, 5) is 0. The third-order valence-corrected chi connectivity index (χ3v) is 13.9. The molecule has 2 aliphatic heterocycles. The van der Waals surface area contributed by atoms with Gasteiger partial charge in [0.15, 0.2) is 0 Å². The van der Waals surface area contributed by atoms with Crippen molar-refractivity contribution in [2.75, 3.05) is 0 Å². The van der Waals surface area contributed by atoms with E-state index >= 15 is 0 Å². The highest BCUT2D eigenvalue weighted by Crippen LogP contribution is 2.51. The molecule has 0 N–H and O–H groups in total. The molecule has 0 aliphatic carbocycles. The molecule has 8 aromatic carbocycles. The quantitative estimate of drug-likeness (QED) is 0.114. The Labute approximate surface area is 344 Å². The molecule has 0 unspecified atom stereocenters. The molecule has 59 heavy (non-hydrogen) atoms. The molecule has 12 rings (SSSR count). The van der Waals surface area contributed by atoms with Gasteiger partial charge in [0.25, 0.3) is 0 Å². The molecular weight excluding hydrogens is 715 g/mol. The van der Waals surface area contributed by atoms with Crippen LogP contribution in [0, 0.1) is 22.7 Å². The first-order valence-corrected chi connectivity index (χ1v) is 20.9. The average Bonchev–Trinajstić information content (AvgIpc) is 3.71. The Kier molecular flexibility index (Phi) is 6.27. The summed E-state index contributed by atoms with van der Waals surface area (Å²) in [6.45, 7) is 20.6. The summed E-state index contributed by atoms with van der Waals surface area (Å²) >= 11 is 0. The standard InChI is InChI=1S/C54H43BN4/c1-52(2,3)32-13-17-44-38(23-32)40-24-34(54(7,8)9)25-41-47-35-14-11-30-21-33(53(4,5)6)22-31-12-15-36(46(35)45(30)31)51-48(47)55(59(44)49(40)41)42-20-29(27-57)19-39-37-18-28(26-56)10-16-43(37)58(51)50(39)42/h10-25H,1-9H3. The molecule has 0 radical (unpaired) electrons. The van der Waals surface area contributed by atoms with Crippen LogP contribution in [-0.2, 0) is 16.2 Å². The largest absolute Gasteiger partial charge is 0.375 e. The first-order valence-electron chi connectivity index (χ1n) is 20.9. The van der Waals surface area contributed by atoms with Gasteiger partial charge in [0.05, 0.1) is 40.0 Å². The third kappa shape index (κ3) is 4.28. The Morgan fingerprint density at radius 2 is 1.08 bits per heavy atom. The summed E-state index contributed by atoms with van der Waals surface area (Å²) in [5.74, 6) is 0. The zero-order valence-electron chi connectivity index (χ0n) is 35.1. The zero-order chi connectivity index (χ0) is 40.8. The second-order valence-electron chi connectivity index (χ2n) is 20.5. The van der Waals surface area contributed by atoms with E-state index in [0.29, 0.717) is 11.1 Å². The van der Waals surface area contributed by atoms with E-state index in [4.69, 9.17) is 0 Å². The smallest absolute Gasteiger partial charge is 0.333 e. The highest BCUT2D eigenvalue weighted by Gasteiger charge is 2.44. The molecule has 0 fully saturated rings. The van der Waals surface area contributed by atoms with E-state index in [1.807, 2.05) is 18.2 Å². The van der Waals surface area contributed by atoms with Crippen molar-refractivity contribution in [2.45, 2.75) is 78.6 Å². The number of hydrogen-bond donors (Lipinski definition) is 0. The molecule has 0 saturated carbocycles. The van der Waals surface area contributed by atoms with Gasteiger partial charge in [0.2, 0.25) is 0 Å². The molecular formula is C54H43BN4. The molecule has 10 aromatic rings. The van der Waals surface area contributed by atoms with E-state index in [1.54, 1.807) is 0 Å². The number of nitrogens with zero attached hydrogens (tertiary/aromatic N) is 4. The van der Waals surface area contributed by atoms with Crippen molar-refractivity contribution in [1.82, 2.24) is 9.05 Å². The highest BCUT2D eigenvalue weighted by molar-refractivity contribution is 6.90. The Morgan fingerprint density at radius 1 is 0.492 bits per heavy atom. The van der Waals surface area contributed by atoms with Crippen molar-refractivity contribution in [3.05, 3.63) is 125 Å². The lowest BCUT2D eigenvalue weighted by atomic mass is 9.45. The van der Waals surface area contributed by atoms with E-state index < -0.39 is 0 Å². The summed E-state index contributed by atoms with van der Waals surface area (Å²) in [6, 6.07) is 41.6. The normalized spacial score (nSPS) is 13.8. The van der Waals surface area contributed by atoms with E-state index in [0.717, 1.165) is 27.3 Å². The number of rotatable bonds is 0. The molecule has 0 spiro atoms. The van der Waals surface area contributed by atoms with Gasteiger partial charge < -0.3 is 9.05 Å². The summed E-state index contributed by atoms with van der Waals surface area (Å²) in [5, 5.41) is 33.0. The van der Waals surface area contributed by atoms with Crippen LogP contribution >= 0.6 is 0 Å². The molecule has 2 aromatic heterocycles. The van der Waals surface area contributed by atoms with E-state index in [1.165, 1.54) is 93.1 Å². The molecule has 5 heteroatoms. The Morgan fingerprint density at radius 3 is 1.76 bits per heavy atom. The highest BCUT2D eigenvalue weighted by atomic mass is 15.0. The first-order chi connectivity index (χ1) is 28.1.